The molecule has 0 unspecified atom stereocenters. The van der Waals surface area contributed by atoms with Gasteiger partial charge in [0.05, 0.1) is 17.8 Å². The molecule has 0 aromatic carbocycles. The average molecular weight is 423 g/mol. The van der Waals surface area contributed by atoms with Crippen LogP contribution in [-0.4, -0.2) is 76.5 Å². The van der Waals surface area contributed by atoms with Crippen LogP contribution in [0.1, 0.15) is 37.1 Å². The van der Waals surface area contributed by atoms with Crippen LogP contribution in [0.25, 0.3) is 0 Å². The summed E-state index contributed by atoms with van der Waals surface area (Å²) in [6.07, 6.45) is 0.0828. The zero-order valence-electron chi connectivity index (χ0n) is 17.0. The molecule has 30 heavy (non-hydrogen) atoms. The number of nitrogens with zero attached hydrogens (tertiary/aromatic N) is 4. The minimum atomic E-state index is -2.51. The summed E-state index contributed by atoms with van der Waals surface area (Å²) < 4.78 is 33.3. The Labute approximate surface area is 173 Å². The van der Waals surface area contributed by atoms with Crippen LogP contribution in [0.3, 0.4) is 0 Å². The van der Waals surface area contributed by atoms with Crippen LogP contribution in [-0.2, 0) is 16.1 Å². The van der Waals surface area contributed by atoms with E-state index in [9.17, 15) is 18.4 Å². The smallest absolute Gasteiger partial charge is 0.320 e. The van der Waals surface area contributed by atoms with Gasteiger partial charge in [-0.1, -0.05) is 0 Å². The van der Waals surface area contributed by atoms with Crippen molar-refractivity contribution < 1.29 is 23.1 Å². The summed E-state index contributed by atoms with van der Waals surface area (Å²) in [5.41, 5.74) is 0.734. The number of aryl methyl sites for hydroxylation is 1. The van der Waals surface area contributed by atoms with Gasteiger partial charge in [-0.3, -0.25) is 9.48 Å². The molecule has 4 aliphatic rings. The lowest BCUT2D eigenvalue weighted by atomic mass is 9.58. The number of hydrogen-bond donors (Lipinski definition) is 1. The molecule has 1 aromatic heterocycles. The highest BCUT2D eigenvalue weighted by Gasteiger charge is 2.54. The first-order valence-electron chi connectivity index (χ1n) is 10.6. The molecule has 4 heterocycles. The Hall–Kier alpha value is -2.23. The molecular weight excluding hydrogens is 396 g/mol. The quantitative estimate of drug-likeness (QED) is 0.800. The van der Waals surface area contributed by atoms with Gasteiger partial charge < -0.3 is 19.9 Å². The highest BCUT2D eigenvalue weighted by atomic mass is 19.3. The number of fused-ring (bicyclic) bond motifs is 1. The van der Waals surface area contributed by atoms with E-state index in [2.05, 4.69) is 10.4 Å². The van der Waals surface area contributed by atoms with Gasteiger partial charge in [-0.2, -0.15) is 5.10 Å². The van der Waals surface area contributed by atoms with E-state index < -0.39 is 6.43 Å². The molecule has 3 saturated heterocycles. The monoisotopic (exact) mass is 423 g/mol. The van der Waals surface area contributed by atoms with Crippen molar-refractivity contribution in [2.24, 2.45) is 11.3 Å². The van der Waals surface area contributed by atoms with Gasteiger partial charge in [-0.25, -0.2) is 13.6 Å². The number of urea groups is 1. The Kier molecular flexibility index (Phi) is 4.72. The molecule has 0 bridgehead atoms. The zero-order chi connectivity index (χ0) is 21.0. The molecule has 1 N–H and O–H groups in total. The van der Waals surface area contributed by atoms with Crippen molar-refractivity contribution in [1.82, 2.24) is 24.9 Å². The Bertz CT molecular complexity index is 845. The molecule has 164 valence electrons. The second kappa shape index (κ2) is 7.18. The predicted octanol–water partition coefficient (Wildman–Crippen LogP) is 1.55. The van der Waals surface area contributed by atoms with Crippen LogP contribution >= 0.6 is 0 Å². The number of carbonyl (C=O) groups excluding carboxylic acids is 2. The van der Waals surface area contributed by atoms with E-state index in [-0.39, 0.29) is 41.8 Å². The summed E-state index contributed by atoms with van der Waals surface area (Å²) in [6.45, 7) is 4.90. The topological polar surface area (TPSA) is 79.7 Å². The minimum absolute atomic E-state index is 0.00839. The van der Waals surface area contributed by atoms with Crippen molar-refractivity contribution in [3.8, 4) is 0 Å². The second-order valence-corrected chi connectivity index (χ2v) is 9.36. The van der Waals surface area contributed by atoms with Gasteiger partial charge in [0.1, 0.15) is 12.3 Å². The largest absolute Gasteiger partial charge is 0.366 e. The number of likely N-dealkylation sites (tertiary alicyclic amines) is 2. The summed E-state index contributed by atoms with van der Waals surface area (Å²) in [4.78, 5) is 28.1. The zero-order valence-corrected chi connectivity index (χ0v) is 17.0. The number of halogens is 2. The lowest BCUT2D eigenvalue weighted by molar-refractivity contribution is -0.140. The molecule has 10 heteroatoms. The van der Waals surface area contributed by atoms with Crippen LogP contribution in [0.2, 0.25) is 0 Å². The lowest BCUT2D eigenvalue weighted by Crippen LogP contribution is -2.68. The first-order valence-corrected chi connectivity index (χ1v) is 10.6. The maximum atomic E-state index is 13.1. The molecular formula is C20H27F2N5O3. The standard InChI is InChI=1S/C20H27F2N5O3/c1-12-4-15(18(21)22)27(24-12)7-13-5-20(6-13)10-26(11-20)19(29)25-3-2-16-14(8-25)23-17(28)9-30-16/h4,13-14,16,18H,2-3,5-11H2,1H3,(H,23,28)/t14-,16+/m1/s1. The van der Waals surface area contributed by atoms with Crippen molar-refractivity contribution in [2.75, 3.05) is 32.8 Å². The van der Waals surface area contributed by atoms with Crippen LogP contribution in [0.15, 0.2) is 6.07 Å². The van der Waals surface area contributed by atoms with E-state index in [1.165, 1.54) is 10.7 Å². The van der Waals surface area contributed by atoms with Crippen LogP contribution in [0.4, 0.5) is 13.6 Å². The predicted molar refractivity (Wildman–Crippen MR) is 102 cm³/mol. The first kappa shape index (κ1) is 19.7. The van der Waals surface area contributed by atoms with Gasteiger partial charge in [-0.05, 0) is 38.2 Å². The van der Waals surface area contributed by atoms with Crippen molar-refractivity contribution in [2.45, 2.75) is 51.3 Å². The number of aromatic nitrogens is 2. The molecule has 8 nitrogen and oxygen atoms in total. The average Bonchev–Trinajstić information content (AvgIpc) is 3.02. The number of hydrogen-bond acceptors (Lipinski definition) is 4. The third-order valence-electron chi connectivity index (χ3n) is 6.95. The number of piperidine rings is 1. The molecule has 3 aliphatic heterocycles. The fourth-order valence-corrected chi connectivity index (χ4v) is 5.66. The van der Waals surface area contributed by atoms with Crippen LogP contribution < -0.4 is 5.32 Å². The summed E-state index contributed by atoms with van der Waals surface area (Å²) in [5.74, 6) is 0.195. The number of rotatable bonds is 3. The second-order valence-electron chi connectivity index (χ2n) is 9.36. The number of amides is 3. The molecule has 0 radical (unpaired) electrons. The van der Waals surface area contributed by atoms with E-state index in [1.54, 1.807) is 11.8 Å². The van der Waals surface area contributed by atoms with E-state index in [1.807, 2.05) is 4.90 Å². The van der Waals surface area contributed by atoms with E-state index in [4.69, 9.17) is 4.74 Å². The summed E-state index contributed by atoms with van der Waals surface area (Å²) in [5, 5.41) is 7.14. The van der Waals surface area contributed by atoms with Gasteiger partial charge >= 0.3 is 6.03 Å². The van der Waals surface area contributed by atoms with Crippen molar-refractivity contribution >= 4 is 11.9 Å². The van der Waals surface area contributed by atoms with Crippen molar-refractivity contribution in [1.29, 1.82) is 0 Å². The summed E-state index contributed by atoms with van der Waals surface area (Å²) >= 11 is 0. The highest BCUT2D eigenvalue weighted by molar-refractivity contribution is 5.79. The molecule has 3 amide bonds. The molecule has 2 atom stereocenters. The molecule has 1 spiro atoms. The molecule has 1 aromatic rings. The number of alkyl halides is 2. The molecule has 4 fully saturated rings. The van der Waals surface area contributed by atoms with Gasteiger partial charge in [-0.15, -0.1) is 0 Å². The van der Waals surface area contributed by atoms with Gasteiger partial charge in [0.15, 0.2) is 0 Å². The summed E-state index contributed by atoms with van der Waals surface area (Å²) in [6, 6.07) is 1.34. The number of morpholine rings is 1. The Balaban J connectivity index is 1.11. The Morgan fingerprint density at radius 1 is 1.37 bits per heavy atom. The lowest BCUT2D eigenvalue weighted by Gasteiger charge is -2.60. The van der Waals surface area contributed by atoms with Gasteiger partial charge in [0.25, 0.3) is 6.43 Å². The molecule has 1 saturated carbocycles. The van der Waals surface area contributed by atoms with Crippen molar-refractivity contribution in [3.63, 3.8) is 0 Å². The van der Waals surface area contributed by atoms with E-state index in [0.717, 1.165) is 32.4 Å². The van der Waals surface area contributed by atoms with E-state index >= 15 is 0 Å². The fourth-order valence-electron chi connectivity index (χ4n) is 5.66. The number of carbonyl (C=O) groups is 2. The third-order valence-corrected chi connectivity index (χ3v) is 6.95. The van der Waals surface area contributed by atoms with Gasteiger partial charge in [0.2, 0.25) is 5.91 Å². The Morgan fingerprint density at radius 2 is 2.13 bits per heavy atom. The minimum Gasteiger partial charge on any atom is -0.366 e. The normalized spacial score (nSPS) is 28.2. The Morgan fingerprint density at radius 3 is 2.87 bits per heavy atom. The molecule has 5 rings (SSSR count). The van der Waals surface area contributed by atoms with Crippen molar-refractivity contribution in [3.05, 3.63) is 17.5 Å². The van der Waals surface area contributed by atoms with Crippen LogP contribution in [0.5, 0.6) is 0 Å². The number of ether oxygens (including phenoxy) is 1. The summed E-state index contributed by atoms with van der Waals surface area (Å²) in [7, 11) is 0. The van der Waals surface area contributed by atoms with E-state index in [0.29, 0.717) is 31.2 Å². The number of nitrogens with one attached hydrogen (secondary N) is 1. The SMILES string of the molecule is Cc1cc(C(F)F)n(CC2CC3(C2)CN(C(=O)N2CC[C@@H]4OCC(=O)N[C@@H]4C2)C3)n1. The van der Waals surface area contributed by atoms with Gasteiger partial charge in [0, 0.05) is 38.1 Å². The fraction of sp³-hybridized carbons (Fsp3) is 0.750. The maximum Gasteiger partial charge on any atom is 0.320 e. The highest BCUT2D eigenvalue weighted by Crippen LogP contribution is 2.52. The van der Waals surface area contributed by atoms with Crippen LogP contribution in [0, 0.1) is 18.3 Å². The molecule has 1 aliphatic carbocycles. The third kappa shape index (κ3) is 3.44. The first-order chi connectivity index (χ1) is 14.3. The maximum absolute atomic E-state index is 13.1.